The molecule has 128 valence electrons. The maximum absolute atomic E-state index is 11.3. The number of nitrogens with two attached hydrogens (primary N) is 1. The minimum absolute atomic E-state index is 0.136. The zero-order chi connectivity index (χ0) is 17.2. The van der Waals surface area contributed by atoms with Crippen LogP contribution in [-0.4, -0.2) is 21.6 Å². The molecule has 24 heavy (non-hydrogen) atoms. The number of hydrogen-bond donors (Lipinski definition) is 2. The Morgan fingerprint density at radius 3 is 2.67 bits per heavy atom. The van der Waals surface area contributed by atoms with Gasteiger partial charge >= 0.3 is 0 Å². The van der Waals surface area contributed by atoms with Crippen LogP contribution in [0.1, 0.15) is 29.7 Å². The maximum atomic E-state index is 11.3. The molecule has 0 fully saturated rings. The maximum Gasteiger partial charge on any atom is 0.238 e. The van der Waals surface area contributed by atoms with Gasteiger partial charge in [0.25, 0.3) is 0 Å². The Bertz CT molecular complexity index is 817. The van der Waals surface area contributed by atoms with Crippen LogP contribution in [0.3, 0.4) is 0 Å². The van der Waals surface area contributed by atoms with Gasteiger partial charge in [0.1, 0.15) is 5.75 Å². The first-order valence-corrected chi connectivity index (χ1v) is 9.59. The molecule has 1 unspecified atom stereocenters. The van der Waals surface area contributed by atoms with E-state index >= 15 is 0 Å². The van der Waals surface area contributed by atoms with E-state index in [4.69, 9.17) is 9.88 Å². The van der Waals surface area contributed by atoms with Gasteiger partial charge in [0.2, 0.25) is 10.0 Å². The second-order valence-corrected chi connectivity index (χ2v) is 7.64. The van der Waals surface area contributed by atoms with Crippen LogP contribution in [0.15, 0.2) is 47.4 Å². The van der Waals surface area contributed by atoms with Gasteiger partial charge in [0, 0.05) is 12.5 Å². The van der Waals surface area contributed by atoms with Crippen molar-refractivity contribution in [2.45, 2.75) is 30.7 Å². The molecule has 1 aliphatic rings. The van der Waals surface area contributed by atoms with Crippen LogP contribution in [0.5, 0.6) is 5.75 Å². The van der Waals surface area contributed by atoms with Crippen molar-refractivity contribution < 1.29 is 13.2 Å². The van der Waals surface area contributed by atoms with Crippen LogP contribution in [0, 0.1) is 0 Å². The van der Waals surface area contributed by atoms with Gasteiger partial charge in [-0.1, -0.05) is 24.3 Å². The van der Waals surface area contributed by atoms with E-state index in [-0.39, 0.29) is 10.9 Å². The number of rotatable bonds is 6. The first-order valence-electron chi connectivity index (χ1n) is 8.04. The normalized spacial score (nSPS) is 14.9. The van der Waals surface area contributed by atoms with Crippen LogP contribution in [0.25, 0.3) is 0 Å². The van der Waals surface area contributed by atoms with E-state index in [9.17, 15) is 8.42 Å². The van der Waals surface area contributed by atoms with E-state index in [0.717, 1.165) is 37.3 Å². The van der Waals surface area contributed by atoms with Gasteiger partial charge in [-0.2, -0.15) is 0 Å². The van der Waals surface area contributed by atoms with E-state index in [1.54, 1.807) is 24.3 Å². The second kappa shape index (κ2) is 6.93. The smallest absolute Gasteiger partial charge is 0.238 e. The lowest BCUT2D eigenvalue weighted by Crippen LogP contribution is -2.21. The summed E-state index contributed by atoms with van der Waals surface area (Å²) in [6.45, 7) is 3.68. The van der Waals surface area contributed by atoms with Gasteiger partial charge < -0.3 is 10.1 Å². The van der Waals surface area contributed by atoms with Crippen molar-refractivity contribution in [3.63, 3.8) is 0 Å². The number of ether oxygens (including phenoxy) is 1. The van der Waals surface area contributed by atoms with Crippen LogP contribution in [0.2, 0.25) is 0 Å². The molecule has 1 heterocycles. The summed E-state index contributed by atoms with van der Waals surface area (Å²) in [5, 5.41) is 8.58. The van der Waals surface area contributed by atoms with Gasteiger partial charge in [0.05, 0.1) is 11.5 Å². The van der Waals surface area contributed by atoms with E-state index in [1.807, 2.05) is 6.07 Å². The highest BCUT2D eigenvalue weighted by Gasteiger charge is 2.12. The number of benzene rings is 2. The summed E-state index contributed by atoms with van der Waals surface area (Å²) in [6.07, 6.45) is 1.93. The van der Waals surface area contributed by atoms with Crippen LogP contribution in [0.4, 0.5) is 0 Å². The highest BCUT2D eigenvalue weighted by atomic mass is 32.2. The van der Waals surface area contributed by atoms with Crippen molar-refractivity contribution in [1.82, 2.24) is 5.32 Å². The average Bonchev–Trinajstić information content (AvgIpc) is 3.02. The molecule has 0 radical (unpaired) electrons. The molecule has 1 atom stereocenters. The van der Waals surface area contributed by atoms with Crippen molar-refractivity contribution in [2.24, 2.45) is 5.14 Å². The molecule has 0 amide bonds. The number of primary sulfonamides is 1. The average molecular weight is 346 g/mol. The Balaban J connectivity index is 1.55. The fraction of sp³-hybridized carbons (Fsp3) is 0.333. The Morgan fingerprint density at radius 1 is 1.21 bits per heavy atom. The Morgan fingerprint density at radius 2 is 1.96 bits per heavy atom. The molecule has 0 saturated carbocycles. The predicted molar refractivity (Wildman–Crippen MR) is 93.6 cm³/mol. The van der Waals surface area contributed by atoms with E-state index < -0.39 is 10.0 Å². The predicted octanol–water partition coefficient (Wildman–Crippen LogP) is 2.16. The molecule has 2 aromatic carbocycles. The topological polar surface area (TPSA) is 81.4 Å². The number of nitrogens with one attached hydrogen (secondary N) is 1. The fourth-order valence-corrected chi connectivity index (χ4v) is 3.41. The number of hydrogen-bond acceptors (Lipinski definition) is 4. The molecule has 0 saturated heterocycles. The highest BCUT2D eigenvalue weighted by Crippen LogP contribution is 2.26. The van der Waals surface area contributed by atoms with Gasteiger partial charge in [-0.05, 0) is 54.8 Å². The van der Waals surface area contributed by atoms with Gasteiger partial charge in [-0.3, -0.25) is 0 Å². The molecule has 6 heteroatoms. The number of sulfonamides is 1. The van der Waals surface area contributed by atoms with Gasteiger partial charge in [-0.15, -0.1) is 0 Å². The zero-order valence-electron chi connectivity index (χ0n) is 13.7. The van der Waals surface area contributed by atoms with E-state index in [1.165, 1.54) is 11.1 Å². The molecule has 0 spiro atoms. The van der Waals surface area contributed by atoms with Crippen molar-refractivity contribution in [3.8, 4) is 5.75 Å². The Kier molecular flexibility index (Phi) is 4.89. The van der Waals surface area contributed by atoms with Gasteiger partial charge in [0.15, 0.2) is 0 Å². The summed E-state index contributed by atoms with van der Waals surface area (Å²) in [6, 6.07) is 13.2. The lowest BCUT2D eigenvalue weighted by molar-refractivity contribution is 0.357. The van der Waals surface area contributed by atoms with Crippen molar-refractivity contribution in [3.05, 3.63) is 59.2 Å². The molecule has 0 aliphatic carbocycles. The zero-order valence-corrected chi connectivity index (χ0v) is 14.5. The molecule has 3 rings (SSSR count). The minimum Gasteiger partial charge on any atom is -0.493 e. The highest BCUT2D eigenvalue weighted by molar-refractivity contribution is 7.89. The third-order valence-corrected chi connectivity index (χ3v) is 5.26. The SMILES string of the molecule is CC(NCCc1ccc2c(c1)CCO2)c1ccc(S(N)(=O)=O)cc1. The van der Waals surface area contributed by atoms with Crippen molar-refractivity contribution in [2.75, 3.05) is 13.2 Å². The monoisotopic (exact) mass is 346 g/mol. The van der Waals surface area contributed by atoms with E-state index in [2.05, 4.69) is 24.4 Å². The first-order chi connectivity index (χ1) is 11.4. The summed E-state index contributed by atoms with van der Waals surface area (Å²) >= 11 is 0. The molecular formula is C18H22N2O3S. The Labute approximate surface area is 142 Å². The second-order valence-electron chi connectivity index (χ2n) is 6.08. The molecule has 0 aromatic heterocycles. The summed E-state index contributed by atoms with van der Waals surface area (Å²) < 4.78 is 28.1. The number of fused-ring (bicyclic) bond motifs is 1. The summed E-state index contributed by atoms with van der Waals surface area (Å²) in [5.74, 6) is 1.01. The molecule has 1 aliphatic heterocycles. The summed E-state index contributed by atoms with van der Waals surface area (Å²) in [4.78, 5) is 0.138. The minimum atomic E-state index is -3.63. The van der Waals surface area contributed by atoms with Crippen molar-refractivity contribution >= 4 is 10.0 Å². The van der Waals surface area contributed by atoms with Crippen LogP contribution < -0.4 is 15.2 Å². The first kappa shape index (κ1) is 17.0. The summed E-state index contributed by atoms with van der Waals surface area (Å²) in [5.41, 5.74) is 3.62. The van der Waals surface area contributed by atoms with E-state index in [0.29, 0.717) is 0 Å². The third kappa shape index (κ3) is 3.95. The molecule has 5 nitrogen and oxygen atoms in total. The fourth-order valence-electron chi connectivity index (χ4n) is 2.89. The molecule has 3 N–H and O–H groups in total. The lowest BCUT2D eigenvalue weighted by Gasteiger charge is -2.15. The standard InChI is InChI=1S/C18H22N2O3S/c1-13(15-3-5-17(6-4-15)24(19,21)22)20-10-8-14-2-7-18-16(12-14)9-11-23-18/h2-7,12-13,20H,8-11H2,1H3,(H2,19,21,22). The largest absolute Gasteiger partial charge is 0.493 e. The molecular weight excluding hydrogens is 324 g/mol. The van der Waals surface area contributed by atoms with Crippen LogP contribution >= 0.6 is 0 Å². The summed E-state index contributed by atoms with van der Waals surface area (Å²) in [7, 11) is -3.63. The molecule has 0 bridgehead atoms. The molecule has 2 aromatic rings. The Hall–Kier alpha value is -1.89. The quantitative estimate of drug-likeness (QED) is 0.840. The lowest BCUT2D eigenvalue weighted by atomic mass is 10.1. The van der Waals surface area contributed by atoms with Gasteiger partial charge in [-0.25, -0.2) is 13.6 Å². The van der Waals surface area contributed by atoms with Crippen molar-refractivity contribution in [1.29, 1.82) is 0 Å². The van der Waals surface area contributed by atoms with Crippen LogP contribution in [-0.2, 0) is 22.9 Å². The third-order valence-electron chi connectivity index (χ3n) is 4.33.